The monoisotopic (exact) mass is 434 g/mol. The zero-order chi connectivity index (χ0) is 22.3. The predicted molar refractivity (Wildman–Crippen MR) is 124 cm³/mol. The molecule has 0 radical (unpaired) electrons. The van der Waals surface area contributed by atoms with Crippen LogP contribution in [0.2, 0.25) is 18.1 Å². The van der Waals surface area contributed by atoms with Gasteiger partial charge in [-0.2, -0.15) is 0 Å². The van der Waals surface area contributed by atoms with Gasteiger partial charge >= 0.3 is 5.97 Å². The third-order valence-electron chi connectivity index (χ3n) is 7.93. The van der Waals surface area contributed by atoms with Crippen LogP contribution in [0.25, 0.3) is 0 Å². The summed E-state index contributed by atoms with van der Waals surface area (Å²) < 4.78 is 12.3. The third kappa shape index (κ3) is 5.28. The number of allylic oxidation sites excluding steroid dienone is 3. The van der Waals surface area contributed by atoms with E-state index in [0.717, 1.165) is 25.7 Å². The van der Waals surface area contributed by atoms with Gasteiger partial charge in [0.1, 0.15) is 6.10 Å². The molecule has 0 aromatic heterocycles. The number of rotatable bonds is 5. The van der Waals surface area contributed by atoms with Gasteiger partial charge in [-0.25, -0.2) is 0 Å². The van der Waals surface area contributed by atoms with Crippen molar-refractivity contribution in [2.45, 2.75) is 103 Å². The van der Waals surface area contributed by atoms with Crippen LogP contribution in [-0.4, -0.2) is 37.7 Å². The SMILES string of the molecule is C[C@H]1C=C2C=C[C@H](C)[C@H](CCC3C[C@@H](O[Si](C)(C)C(C)(C)C)CC(=O)O3)C2[C@@H](O)C1. The molecule has 0 bridgehead atoms. The number of cyclic esters (lactones) is 1. The number of hydrogen-bond acceptors (Lipinski definition) is 4. The van der Waals surface area contributed by atoms with Gasteiger partial charge in [0.25, 0.3) is 0 Å². The lowest BCUT2D eigenvalue weighted by Crippen LogP contribution is -2.47. The molecule has 4 nitrogen and oxygen atoms in total. The number of esters is 1. The summed E-state index contributed by atoms with van der Waals surface area (Å²) in [5, 5.41) is 10.9. The standard InChI is InChI=1S/C25H42O4Si/c1-16-12-18-9-8-17(2)21(24(18)22(26)13-16)11-10-19-14-20(15-23(27)28-19)29-30(6,7)25(3,4)5/h8-9,12,16-17,19-22,24,26H,10-11,13-15H2,1-7H3/t16-,17-,19?,20+,21-,22-,24?/m0/s1. The van der Waals surface area contributed by atoms with Crippen LogP contribution in [0, 0.1) is 23.7 Å². The molecule has 2 unspecified atom stereocenters. The average molecular weight is 435 g/mol. The number of aliphatic hydroxyl groups excluding tert-OH is 1. The summed E-state index contributed by atoms with van der Waals surface area (Å²) in [5.41, 5.74) is 1.30. The molecule has 1 N–H and O–H groups in total. The Labute approximate surface area is 184 Å². The zero-order valence-electron chi connectivity index (χ0n) is 20.0. The summed E-state index contributed by atoms with van der Waals surface area (Å²) in [4.78, 5) is 12.3. The molecule has 3 rings (SSSR count). The van der Waals surface area contributed by atoms with E-state index in [4.69, 9.17) is 9.16 Å². The molecule has 7 atom stereocenters. The van der Waals surface area contributed by atoms with E-state index in [2.05, 4.69) is 65.9 Å². The minimum Gasteiger partial charge on any atom is -0.462 e. The molecule has 170 valence electrons. The zero-order valence-corrected chi connectivity index (χ0v) is 21.0. The van der Waals surface area contributed by atoms with Crippen LogP contribution in [0.15, 0.2) is 23.8 Å². The van der Waals surface area contributed by atoms with Crippen LogP contribution in [0.4, 0.5) is 0 Å². The number of carbonyl (C=O) groups excluding carboxylic acids is 1. The van der Waals surface area contributed by atoms with Crippen molar-refractivity contribution >= 4 is 14.3 Å². The normalized spacial score (nSPS) is 37.4. The van der Waals surface area contributed by atoms with Gasteiger partial charge in [0.05, 0.1) is 18.6 Å². The second-order valence-electron chi connectivity index (χ2n) is 11.5. The van der Waals surface area contributed by atoms with E-state index >= 15 is 0 Å². The number of aliphatic hydroxyl groups is 1. The van der Waals surface area contributed by atoms with Gasteiger partial charge < -0.3 is 14.3 Å². The molecule has 0 amide bonds. The molecule has 1 fully saturated rings. The second kappa shape index (κ2) is 8.91. The van der Waals surface area contributed by atoms with Crippen molar-refractivity contribution in [1.82, 2.24) is 0 Å². The van der Waals surface area contributed by atoms with Gasteiger partial charge in [-0.15, -0.1) is 0 Å². The highest BCUT2D eigenvalue weighted by atomic mass is 28.4. The third-order valence-corrected chi connectivity index (χ3v) is 12.5. The van der Waals surface area contributed by atoms with Gasteiger partial charge in [-0.1, -0.05) is 52.8 Å². The Bertz CT molecular complexity index is 690. The first kappa shape index (κ1) is 23.7. The fourth-order valence-electron chi connectivity index (χ4n) is 5.21. The van der Waals surface area contributed by atoms with E-state index in [1.807, 2.05) is 0 Å². The highest BCUT2D eigenvalue weighted by Crippen LogP contribution is 2.44. The van der Waals surface area contributed by atoms with Crippen molar-refractivity contribution in [3.63, 3.8) is 0 Å². The van der Waals surface area contributed by atoms with Gasteiger partial charge in [0, 0.05) is 12.3 Å². The molecular formula is C25H42O4Si. The fraction of sp³-hybridized carbons (Fsp3) is 0.800. The fourth-order valence-corrected chi connectivity index (χ4v) is 6.58. The molecule has 1 heterocycles. The Morgan fingerprint density at radius 3 is 2.57 bits per heavy atom. The molecular weight excluding hydrogens is 392 g/mol. The first-order chi connectivity index (χ1) is 13.9. The molecule has 0 aromatic carbocycles. The summed E-state index contributed by atoms with van der Waals surface area (Å²) >= 11 is 0. The number of carbonyl (C=O) groups is 1. The maximum atomic E-state index is 12.3. The van der Waals surface area contributed by atoms with E-state index in [1.54, 1.807) is 0 Å². The number of hydrogen-bond donors (Lipinski definition) is 1. The Hall–Kier alpha value is -0.913. The van der Waals surface area contributed by atoms with Crippen LogP contribution >= 0.6 is 0 Å². The summed E-state index contributed by atoms with van der Waals surface area (Å²) in [6, 6.07) is 0. The Morgan fingerprint density at radius 1 is 1.20 bits per heavy atom. The molecule has 1 aliphatic heterocycles. The molecule has 0 saturated carbocycles. The summed E-state index contributed by atoms with van der Waals surface area (Å²) in [6.45, 7) is 15.6. The van der Waals surface area contributed by atoms with Gasteiger partial charge in [0.15, 0.2) is 8.32 Å². The molecule has 1 saturated heterocycles. The molecule has 0 spiro atoms. The van der Waals surface area contributed by atoms with Crippen molar-refractivity contribution in [2.24, 2.45) is 23.7 Å². The Kier molecular flexibility index (Phi) is 7.05. The van der Waals surface area contributed by atoms with E-state index in [-0.39, 0.29) is 35.2 Å². The molecule has 0 aromatic rings. The van der Waals surface area contributed by atoms with E-state index < -0.39 is 8.32 Å². The average Bonchev–Trinajstić information content (AvgIpc) is 2.59. The van der Waals surface area contributed by atoms with Crippen LogP contribution in [0.5, 0.6) is 0 Å². The van der Waals surface area contributed by atoms with Crippen molar-refractivity contribution in [1.29, 1.82) is 0 Å². The maximum absolute atomic E-state index is 12.3. The molecule has 30 heavy (non-hydrogen) atoms. The van der Waals surface area contributed by atoms with Crippen molar-refractivity contribution in [3.05, 3.63) is 23.8 Å². The first-order valence-electron chi connectivity index (χ1n) is 11.8. The second-order valence-corrected chi connectivity index (χ2v) is 16.2. The predicted octanol–water partition coefficient (Wildman–Crippen LogP) is 5.63. The van der Waals surface area contributed by atoms with Crippen LogP contribution < -0.4 is 0 Å². The minimum absolute atomic E-state index is 0.0302. The summed E-state index contributed by atoms with van der Waals surface area (Å²) in [7, 11) is -1.91. The van der Waals surface area contributed by atoms with E-state index in [0.29, 0.717) is 24.2 Å². The largest absolute Gasteiger partial charge is 0.462 e. The molecule has 2 aliphatic carbocycles. The van der Waals surface area contributed by atoms with Crippen molar-refractivity contribution < 1.29 is 19.1 Å². The van der Waals surface area contributed by atoms with E-state index in [1.165, 1.54) is 5.57 Å². The lowest BCUT2D eigenvalue weighted by molar-refractivity contribution is -0.160. The number of fused-ring (bicyclic) bond motifs is 1. The highest BCUT2D eigenvalue weighted by molar-refractivity contribution is 6.74. The topological polar surface area (TPSA) is 55.8 Å². The first-order valence-corrected chi connectivity index (χ1v) is 14.7. The minimum atomic E-state index is -1.91. The van der Waals surface area contributed by atoms with E-state index in [9.17, 15) is 9.90 Å². The summed E-state index contributed by atoms with van der Waals surface area (Å²) in [6.07, 6.45) is 10.3. The maximum Gasteiger partial charge on any atom is 0.308 e. The Balaban J connectivity index is 1.64. The molecule has 3 aliphatic rings. The smallest absolute Gasteiger partial charge is 0.308 e. The lowest BCUT2D eigenvalue weighted by atomic mass is 9.65. The van der Waals surface area contributed by atoms with Crippen LogP contribution in [0.3, 0.4) is 0 Å². The van der Waals surface area contributed by atoms with Crippen molar-refractivity contribution in [3.8, 4) is 0 Å². The number of ether oxygens (including phenoxy) is 1. The van der Waals surface area contributed by atoms with Crippen LogP contribution in [-0.2, 0) is 14.0 Å². The summed E-state index contributed by atoms with van der Waals surface area (Å²) in [5.74, 6) is 1.33. The van der Waals surface area contributed by atoms with Crippen molar-refractivity contribution in [2.75, 3.05) is 0 Å². The quantitative estimate of drug-likeness (QED) is 0.450. The van der Waals surface area contributed by atoms with Gasteiger partial charge in [-0.3, -0.25) is 4.79 Å². The molecule has 5 heteroatoms. The van der Waals surface area contributed by atoms with Gasteiger partial charge in [-0.05, 0) is 60.7 Å². The Morgan fingerprint density at radius 2 is 1.90 bits per heavy atom. The highest BCUT2D eigenvalue weighted by Gasteiger charge is 2.42. The van der Waals surface area contributed by atoms with Crippen LogP contribution in [0.1, 0.15) is 66.7 Å². The van der Waals surface area contributed by atoms with Gasteiger partial charge in [0.2, 0.25) is 0 Å². The lowest BCUT2D eigenvalue weighted by Gasteiger charge is -2.43.